The van der Waals surface area contributed by atoms with E-state index in [4.69, 9.17) is 0 Å². The van der Waals surface area contributed by atoms with Gasteiger partial charge in [0.25, 0.3) is 15.9 Å². The van der Waals surface area contributed by atoms with Crippen LogP contribution in [0.4, 0.5) is 10.1 Å². The minimum atomic E-state index is -3.89. The molecule has 0 radical (unpaired) electrons. The molecule has 6 nitrogen and oxygen atoms in total. The number of anilines is 1. The van der Waals surface area contributed by atoms with Crippen LogP contribution in [0.25, 0.3) is 10.2 Å². The molecule has 0 atom stereocenters. The molecule has 0 saturated heterocycles. The Morgan fingerprint density at radius 1 is 1.09 bits per heavy atom. The molecule has 1 aromatic heterocycles. The van der Waals surface area contributed by atoms with Gasteiger partial charge in [-0.05, 0) is 55.8 Å². The molecule has 9 heteroatoms. The Morgan fingerprint density at radius 2 is 1.82 bits per heavy atom. The molecule has 4 rings (SSSR count). The molecule has 0 bridgehead atoms. The molecule has 1 N–H and O–H groups in total. The summed E-state index contributed by atoms with van der Waals surface area (Å²) in [5, 5.41) is 0. The third-order valence-electron chi connectivity index (χ3n) is 5.02. The maximum Gasteiger partial charge on any atom is 0.281 e. The van der Waals surface area contributed by atoms with Crippen LogP contribution in [0.5, 0.6) is 0 Å². The Morgan fingerprint density at radius 3 is 2.55 bits per heavy atom. The van der Waals surface area contributed by atoms with Crippen molar-refractivity contribution in [3.63, 3.8) is 0 Å². The van der Waals surface area contributed by atoms with Gasteiger partial charge in [-0.2, -0.15) is 4.99 Å². The minimum absolute atomic E-state index is 0.0969. The number of hydrogen-bond donors (Lipinski definition) is 1. The van der Waals surface area contributed by atoms with Gasteiger partial charge in [-0.25, -0.2) is 12.8 Å². The first-order chi connectivity index (χ1) is 15.8. The summed E-state index contributed by atoms with van der Waals surface area (Å²) in [6, 6.07) is 17.2. The molecule has 0 aliphatic carbocycles. The topological polar surface area (TPSA) is 80.5 Å². The summed E-state index contributed by atoms with van der Waals surface area (Å²) in [7, 11) is -3.89. The lowest BCUT2D eigenvalue weighted by Crippen LogP contribution is -2.18. The van der Waals surface area contributed by atoms with Crippen LogP contribution in [0.1, 0.15) is 29.3 Å². The van der Waals surface area contributed by atoms with Crippen molar-refractivity contribution in [2.45, 2.75) is 31.7 Å². The highest BCUT2D eigenvalue weighted by molar-refractivity contribution is 7.92. The lowest BCUT2D eigenvalue weighted by atomic mass is 10.2. The highest BCUT2D eigenvalue weighted by Crippen LogP contribution is 2.22. The Kier molecular flexibility index (Phi) is 6.44. The normalized spacial score (nSPS) is 12.3. The van der Waals surface area contributed by atoms with Gasteiger partial charge in [0.1, 0.15) is 5.82 Å². The van der Waals surface area contributed by atoms with E-state index in [1.165, 1.54) is 47.7 Å². The Labute approximate surface area is 195 Å². The molecule has 1 heterocycles. The van der Waals surface area contributed by atoms with Crippen molar-refractivity contribution in [1.29, 1.82) is 0 Å². The van der Waals surface area contributed by atoms with Gasteiger partial charge >= 0.3 is 0 Å². The number of carbonyl (C=O) groups excluding carboxylic acids is 1. The van der Waals surface area contributed by atoms with E-state index in [-0.39, 0.29) is 22.0 Å². The number of nitrogens with zero attached hydrogens (tertiary/aromatic N) is 2. The molecule has 33 heavy (non-hydrogen) atoms. The van der Waals surface area contributed by atoms with Crippen molar-refractivity contribution in [3.8, 4) is 0 Å². The van der Waals surface area contributed by atoms with Crippen LogP contribution < -0.4 is 9.52 Å². The predicted octanol–water partition coefficient (Wildman–Crippen LogP) is 5.10. The number of carbonyl (C=O) groups is 1. The first-order valence-corrected chi connectivity index (χ1v) is 12.6. The van der Waals surface area contributed by atoms with E-state index in [0.29, 0.717) is 16.0 Å². The number of rotatable bonds is 6. The molecule has 3 aromatic carbocycles. The van der Waals surface area contributed by atoms with Crippen LogP contribution in [-0.4, -0.2) is 18.9 Å². The van der Waals surface area contributed by atoms with Gasteiger partial charge < -0.3 is 4.57 Å². The zero-order chi connectivity index (χ0) is 23.6. The first-order valence-electron chi connectivity index (χ1n) is 10.3. The van der Waals surface area contributed by atoms with Crippen molar-refractivity contribution in [1.82, 2.24) is 4.57 Å². The van der Waals surface area contributed by atoms with Crippen LogP contribution in [-0.2, 0) is 16.6 Å². The zero-order valence-electron chi connectivity index (χ0n) is 18.1. The van der Waals surface area contributed by atoms with Crippen LogP contribution in [0.2, 0.25) is 0 Å². The second-order valence-electron chi connectivity index (χ2n) is 7.53. The van der Waals surface area contributed by atoms with Crippen molar-refractivity contribution >= 4 is 43.2 Å². The Bertz CT molecular complexity index is 1500. The quantitative estimate of drug-likeness (QED) is 0.414. The fourth-order valence-corrected chi connectivity index (χ4v) is 5.56. The summed E-state index contributed by atoms with van der Waals surface area (Å²) in [4.78, 5) is 17.9. The van der Waals surface area contributed by atoms with Gasteiger partial charge in [-0.15, -0.1) is 0 Å². The van der Waals surface area contributed by atoms with Crippen LogP contribution in [0.15, 0.2) is 76.6 Å². The number of aryl methyl sites for hydroxylation is 2. The maximum atomic E-state index is 13.7. The van der Waals surface area contributed by atoms with Gasteiger partial charge in [0, 0.05) is 6.54 Å². The number of amides is 1. The van der Waals surface area contributed by atoms with E-state index in [9.17, 15) is 17.6 Å². The fourth-order valence-electron chi connectivity index (χ4n) is 3.40. The molecule has 0 aliphatic heterocycles. The maximum absolute atomic E-state index is 13.7. The van der Waals surface area contributed by atoms with E-state index in [1.54, 1.807) is 30.3 Å². The number of aromatic nitrogens is 1. The lowest BCUT2D eigenvalue weighted by Gasteiger charge is -2.11. The monoisotopic (exact) mass is 483 g/mol. The minimum Gasteiger partial charge on any atom is -0.316 e. The van der Waals surface area contributed by atoms with Gasteiger partial charge in [0.15, 0.2) is 4.80 Å². The Balaban J connectivity index is 1.74. The van der Waals surface area contributed by atoms with Crippen molar-refractivity contribution < 1.29 is 17.6 Å². The number of fused-ring (bicyclic) bond motifs is 1. The van der Waals surface area contributed by atoms with E-state index in [1.807, 2.05) is 18.4 Å². The van der Waals surface area contributed by atoms with Gasteiger partial charge in [0.05, 0.1) is 26.4 Å². The molecule has 0 spiro atoms. The molecule has 0 saturated carbocycles. The number of para-hydroxylation sites is 1. The number of nitrogens with one attached hydrogen (secondary N) is 1. The smallest absolute Gasteiger partial charge is 0.281 e. The summed E-state index contributed by atoms with van der Waals surface area (Å²) in [6.45, 7) is 4.48. The van der Waals surface area contributed by atoms with Crippen LogP contribution in [0, 0.1) is 12.7 Å². The number of halogens is 1. The summed E-state index contributed by atoms with van der Waals surface area (Å²) in [5.41, 5.74) is 2.00. The molecular weight excluding hydrogens is 461 g/mol. The first kappa shape index (κ1) is 22.9. The summed E-state index contributed by atoms with van der Waals surface area (Å²) >= 11 is 1.22. The van der Waals surface area contributed by atoms with Crippen molar-refractivity contribution in [2.24, 2.45) is 4.99 Å². The number of benzene rings is 3. The van der Waals surface area contributed by atoms with E-state index in [2.05, 4.69) is 9.71 Å². The third kappa shape index (κ3) is 4.89. The molecular formula is C24H22FN3O3S2. The standard InChI is InChI=1S/C24H22FN3O3S2/c1-3-14-28-21-13-10-17(25)15-22(21)32-24(28)26-23(29)19-6-4-5-7-20(19)27-33(30,31)18-11-8-16(2)9-12-18/h4-13,15,27H,3,14H2,1-2H3. The highest BCUT2D eigenvalue weighted by Gasteiger charge is 2.19. The second-order valence-corrected chi connectivity index (χ2v) is 10.2. The molecule has 170 valence electrons. The summed E-state index contributed by atoms with van der Waals surface area (Å²) in [6.07, 6.45) is 0.803. The fraction of sp³-hybridized carbons (Fsp3) is 0.167. The Hall–Kier alpha value is -3.30. The largest absolute Gasteiger partial charge is 0.316 e. The van der Waals surface area contributed by atoms with E-state index in [0.717, 1.165) is 17.5 Å². The predicted molar refractivity (Wildman–Crippen MR) is 128 cm³/mol. The lowest BCUT2D eigenvalue weighted by molar-refractivity contribution is 0.0998. The van der Waals surface area contributed by atoms with Gasteiger partial charge in [0.2, 0.25) is 0 Å². The van der Waals surface area contributed by atoms with Crippen molar-refractivity contribution in [2.75, 3.05) is 4.72 Å². The van der Waals surface area contributed by atoms with E-state index >= 15 is 0 Å². The average Bonchev–Trinajstić information content (AvgIpc) is 3.10. The van der Waals surface area contributed by atoms with Crippen LogP contribution in [0.3, 0.4) is 0 Å². The molecule has 4 aromatic rings. The number of sulfonamides is 1. The SMILES string of the molecule is CCCn1c(=NC(=O)c2ccccc2NS(=O)(=O)c2ccc(C)cc2)sc2cc(F)ccc21. The average molecular weight is 484 g/mol. The third-order valence-corrected chi connectivity index (χ3v) is 7.44. The van der Waals surface area contributed by atoms with Gasteiger partial charge in [-0.1, -0.05) is 48.1 Å². The number of hydrogen-bond acceptors (Lipinski definition) is 4. The molecule has 0 fully saturated rings. The summed E-state index contributed by atoms with van der Waals surface area (Å²) in [5.74, 6) is -0.949. The second kappa shape index (κ2) is 9.29. The van der Waals surface area contributed by atoms with Gasteiger partial charge in [-0.3, -0.25) is 9.52 Å². The van der Waals surface area contributed by atoms with Crippen LogP contribution >= 0.6 is 11.3 Å². The van der Waals surface area contributed by atoms with E-state index < -0.39 is 15.9 Å². The summed E-state index contributed by atoms with van der Waals surface area (Å²) < 4.78 is 44.4. The molecule has 0 unspecified atom stereocenters. The molecule has 1 amide bonds. The zero-order valence-corrected chi connectivity index (χ0v) is 19.7. The molecule has 0 aliphatic rings. The highest BCUT2D eigenvalue weighted by atomic mass is 32.2. The van der Waals surface area contributed by atoms with Crippen molar-refractivity contribution in [3.05, 3.63) is 88.5 Å². The number of thiazole rings is 1.